The lowest BCUT2D eigenvalue weighted by molar-refractivity contribution is 0.0927. The van der Waals surface area contributed by atoms with E-state index in [1.165, 1.54) is 0 Å². The molecule has 0 unspecified atom stereocenters. The van der Waals surface area contributed by atoms with Crippen LogP contribution in [0.15, 0.2) is 12.7 Å². The summed E-state index contributed by atoms with van der Waals surface area (Å²) in [5.74, 6) is 0.554. The summed E-state index contributed by atoms with van der Waals surface area (Å²) in [6.45, 7) is 5.48. The molecule has 1 N–H and O–H groups in total. The summed E-state index contributed by atoms with van der Waals surface area (Å²) in [5.41, 5.74) is 0. The van der Waals surface area contributed by atoms with Gasteiger partial charge in [-0.3, -0.25) is 0 Å². The lowest BCUT2D eigenvalue weighted by Gasteiger charge is -2.30. The number of likely N-dealkylation sites (tertiary alicyclic amines) is 1. The highest BCUT2D eigenvalue weighted by Crippen LogP contribution is 2.20. The van der Waals surface area contributed by atoms with Gasteiger partial charge in [0.05, 0.1) is 0 Å². The zero-order chi connectivity index (χ0) is 11.1. The molecule has 0 aromatic carbocycles. The van der Waals surface area contributed by atoms with Crippen molar-refractivity contribution in [3.8, 4) is 0 Å². The first-order chi connectivity index (χ1) is 7.27. The molecule has 0 atom stereocenters. The molecule has 4 nitrogen and oxygen atoms in total. The number of piperidine rings is 1. The summed E-state index contributed by atoms with van der Waals surface area (Å²) in [4.78, 5) is 13.1. The molecule has 4 heteroatoms. The maximum absolute atomic E-state index is 11.4. The van der Waals surface area contributed by atoms with Gasteiger partial charge >= 0.3 is 6.09 Å². The molecule has 15 heavy (non-hydrogen) atoms. The molecule has 1 aliphatic heterocycles. The Hall–Kier alpha value is -1.03. The van der Waals surface area contributed by atoms with E-state index in [2.05, 4.69) is 6.58 Å². The quantitative estimate of drug-likeness (QED) is 0.718. The molecule has 0 bridgehead atoms. The molecular weight excluding hydrogens is 194 g/mol. The van der Waals surface area contributed by atoms with Crippen LogP contribution < -0.4 is 0 Å². The van der Waals surface area contributed by atoms with E-state index in [4.69, 9.17) is 9.84 Å². The molecule has 1 rings (SSSR count). The van der Waals surface area contributed by atoms with E-state index in [-0.39, 0.29) is 19.3 Å². The molecular formula is C11H19NO3. The second-order valence-electron chi connectivity index (χ2n) is 3.81. The summed E-state index contributed by atoms with van der Waals surface area (Å²) in [6, 6.07) is 0. The van der Waals surface area contributed by atoms with Gasteiger partial charge in [0, 0.05) is 19.7 Å². The van der Waals surface area contributed by atoms with Crippen LogP contribution in [0.4, 0.5) is 4.79 Å². The van der Waals surface area contributed by atoms with Crippen molar-refractivity contribution in [2.24, 2.45) is 5.92 Å². The van der Waals surface area contributed by atoms with Crippen LogP contribution in [-0.2, 0) is 4.74 Å². The standard InChI is InChI=1S/C11H19NO3/c1-2-9-15-11(14)12-6-3-10(4-7-12)5-8-13/h2,10,13H,1,3-9H2. The van der Waals surface area contributed by atoms with Crippen LogP contribution in [0.2, 0.25) is 0 Å². The second-order valence-corrected chi connectivity index (χ2v) is 3.81. The maximum atomic E-state index is 11.4. The van der Waals surface area contributed by atoms with Crippen LogP contribution in [0.3, 0.4) is 0 Å². The van der Waals surface area contributed by atoms with Crippen LogP contribution in [0.25, 0.3) is 0 Å². The number of hydrogen-bond donors (Lipinski definition) is 1. The van der Waals surface area contributed by atoms with Crippen LogP contribution >= 0.6 is 0 Å². The van der Waals surface area contributed by atoms with Crippen LogP contribution in [0, 0.1) is 5.92 Å². The number of ether oxygens (including phenoxy) is 1. The number of aliphatic hydroxyl groups is 1. The molecule has 0 aliphatic carbocycles. The zero-order valence-electron chi connectivity index (χ0n) is 9.02. The highest BCUT2D eigenvalue weighted by molar-refractivity contribution is 5.67. The Bertz CT molecular complexity index is 210. The van der Waals surface area contributed by atoms with Crippen molar-refractivity contribution >= 4 is 6.09 Å². The van der Waals surface area contributed by atoms with Gasteiger partial charge in [-0.2, -0.15) is 0 Å². The number of hydrogen-bond acceptors (Lipinski definition) is 3. The van der Waals surface area contributed by atoms with E-state index >= 15 is 0 Å². The SMILES string of the molecule is C=CCOC(=O)N1CCC(CCO)CC1. The normalized spacial score (nSPS) is 17.5. The Morgan fingerprint density at radius 3 is 2.73 bits per heavy atom. The van der Waals surface area contributed by atoms with Gasteiger partial charge in [0.2, 0.25) is 0 Å². The van der Waals surface area contributed by atoms with Crippen molar-refractivity contribution < 1.29 is 14.6 Å². The summed E-state index contributed by atoms with van der Waals surface area (Å²) in [6.07, 6.45) is 4.08. The third-order valence-electron chi connectivity index (χ3n) is 2.73. The van der Waals surface area contributed by atoms with E-state index in [1.807, 2.05) is 0 Å². The minimum atomic E-state index is -0.252. The first-order valence-corrected chi connectivity index (χ1v) is 5.41. The number of carbonyl (C=O) groups is 1. The van der Waals surface area contributed by atoms with E-state index < -0.39 is 0 Å². The number of amides is 1. The third kappa shape index (κ3) is 3.91. The molecule has 1 saturated heterocycles. The van der Waals surface area contributed by atoms with E-state index in [1.54, 1.807) is 11.0 Å². The van der Waals surface area contributed by atoms with Crippen molar-refractivity contribution in [2.75, 3.05) is 26.3 Å². The first-order valence-electron chi connectivity index (χ1n) is 5.41. The topological polar surface area (TPSA) is 49.8 Å². The number of rotatable bonds is 4. The zero-order valence-corrected chi connectivity index (χ0v) is 9.02. The van der Waals surface area contributed by atoms with Gasteiger partial charge in [-0.1, -0.05) is 12.7 Å². The highest BCUT2D eigenvalue weighted by Gasteiger charge is 2.22. The summed E-state index contributed by atoms with van der Waals surface area (Å²) < 4.78 is 4.95. The monoisotopic (exact) mass is 213 g/mol. The van der Waals surface area contributed by atoms with Crippen LogP contribution in [-0.4, -0.2) is 42.4 Å². The largest absolute Gasteiger partial charge is 0.445 e. The molecule has 1 amide bonds. The summed E-state index contributed by atoms with van der Waals surface area (Å²) in [7, 11) is 0. The van der Waals surface area contributed by atoms with Crippen LogP contribution in [0.1, 0.15) is 19.3 Å². The predicted octanol–water partition coefficient (Wildman–Crippen LogP) is 1.40. The molecule has 1 heterocycles. The Morgan fingerprint density at radius 2 is 2.20 bits per heavy atom. The van der Waals surface area contributed by atoms with Crippen molar-refractivity contribution in [1.29, 1.82) is 0 Å². The van der Waals surface area contributed by atoms with Crippen LogP contribution in [0.5, 0.6) is 0 Å². The minimum absolute atomic E-state index is 0.242. The Labute approximate surface area is 90.5 Å². The predicted molar refractivity (Wildman–Crippen MR) is 57.5 cm³/mol. The fourth-order valence-corrected chi connectivity index (χ4v) is 1.81. The number of carbonyl (C=O) groups excluding carboxylic acids is 1. The Morgan fingerprint density at radius 1 is 1.53 bits per heavy atom. The van der Waals surface area contributed by atoms with Gasteiger partial charge < -0.3 is 14.7 Å². The highest BCUT2D eigenvalue weighted by atomic mass is 16.6. The van der Waals surface area contributed by atoms with Gasteiger partial charge in [-0.25, -0.2) is 4.79 Å². The second kappa shape index (κ2) is 6.45. The van der Waals surface area contributed by atoms with E-state index in [0.29, 0.717) is 5.92 Å². The summed E-state index contributed by atoms with van der Waals surface area (Å²) in [5, 5.41) is 8.79. The van der Waals surface area contributed by atoms with Gasteiger partial charge in [0.1, 0.15) is 6.61 Å². The lowest BCUT2D eigenvalue weighted by Crippen LogP contribution is -2.39. The first kappa shape index (κ1) is 12.0. The van der Waals surface area contributed by atoms with Gasteiger partial charge in [0.15, 0.2) is 0 Å². The van der Waals surface area contributed by atoms with E-state index in [9.17, 15) is 4.79 Å². The molecule has 1 fully saturated rings. The Balaban J connectivity index is 2.24. The molecule has 0 aromatic heterocycles. The van der Waals surface area contributed by atoms with Crippen molar-refractivity contribution in [2.45, 2.75) is 19.3 Å². The van der Waals surface area contributed by atoms with Crippen molar-refractivity contribution in [3.05, 3.63) is 12.7 Å². The minimum Gasteiger partial charge on any atom is -0.445 e. The number of nitrogens with zero attached hydrogens (tertiary/aromatic N) is 1. The van der Waals surface area contributed by atoms with E-state index in [0.717, 1.165) is 32.4 Å². The molecule has 86 valence electrons. The molecule has 0 radical (unpaired) electrons. The molecule has 0 spiro atoms. The third-order valence-corrected chi connectivity index (χ3v) is 2.73. The Kier molecular flexibility index (Phi) is 5.18. The molecule has 1 aliphatic rings. The molecule has 0 saturated carbocycles. The van der Waals surface area contributed by atoms with Crippen molar-refractivity contribution in [1.82, 2.24) is 4.90 Å². The fraction of sp³-hybridized carbons (Fsp3) is 0.727. The number of aliphatic hydroxyl groups excluding tert-OH is 1. The van der Waals surface area contributed by atoms with Crippen molar-refractivity contribution in [3.63, 3.8) is 0 Å². The molecule has 0 aromatic rings. The van der Waals surface area contributed by atoms with Gasteiger partial charge in [-0.15, -0.1) is 0 Å². The maximum Gasteiger partial charge on any atom is 0.410 e. The fourth-order valence-electron chi connectivity index (χ4n) is 1.81. The van der Waals surface area contributed by atoms with Gasteiger partial charge in [-0.05, 0) is 25.2 Å². The smallest absolute Gasteiger partial charge is 0.410 e. The lowest BCUT2D eigenvalue weighted by atomic mass is 9.94. The van der Waals surface area contributed by atoms with Gasteiger partial charge in [0.25, 0.3) is 0 Å². The average molecular weight is 213 g/mol. The average Bonchev–Trinajstić information content (AvgIpc) is 2.27. The summed E-state index contributed by atoms with van der Waals surface area (Å²) >= 11 is 0.